The van der Waals surface area contributed by atoms with Gasteiger partial charge in [0.2, 0.25) is 11.8 Å². The lowest BCUT2D eigenvalue weighted by molar-refractivity contribution is -0.141. The van der Waals surface area contributed by atoms with Gasteiger partial charge in [0.05, 0.1) is 24.4 Å². The van der Waals surface area contributed by atoms with Crippen molar-refractivity contribution >= 4 is 62.8 Å². The summed E-state index contributed by atoms with van der Waals surface area (Å²) in [4.78, 5) is 51.8. The number of carbonyl (C=O) groups excluding carboxylic acids is 4. The molecule has 0 radical (unpaired) electrons. The second kappa shape index (κ2) is 8.21. The third kappa shape index (κ3) is 2.98. The Labute approximate surface area is 220 Å². The minimum Gasteiger partial charge on any atom is -0.508 e. The van der Waals surface area contributed by atoms with E-state index in [2.05, 4.69) is 15.9 Å². The summed E-state index contributed by atoms with van der Waals surface area (Å²) in [6.07, 6.45) is 2.04. The monoisotopic (exact) mass is 584 g/mol. The van der Waals surface area contributed by atoms with Crippen LogP contribution in [0.2, 0.25) is 0 Å². The number of carbonyl (C=O) groups is 4. The Kier molecular flexibility index (Phi) is 5.77. The Morgan fingerprint density at radius 3 is 2.43 bits per heavy atom. The van der Waals surface area contributed by atoms with Gasteiger partial charge in [-0.1, -0.05) is 33.6 Å². The van der Waals surface area contributed by atoms with E-state index in [1.807, 2.05) is 6.08 Å². The van der Waals surface area contributed by atoms with Crippen LogP contribution < -0.4 is 4.74 Å². The number of benzene rings is 1. The fourth-order valence-electron chi connectivity index (χ4n) is 6.37. The van der Waals surface area contributed by atoms with Crippen LogP contribution in [0.3, 0.4) is 0 Å². The number of imide groups is 2. The van der Waals surface area contributed by atoms with Crippen LogP contribution in [0.5, 0.6) is 11.5 Å². The maximum absolute atomic E-state index is 13.6. The van der Waals surface area contributed by atoms with E-state index in [1.54, 1.807) is 19.1 Å². The van der Waals surface area contributed by atoms with Gasteiger partial charge in [0.1, 0.15) is 11.5 Å². The van der Waals surface area contributed by atoms with Crippen molar-refractivity contribution in [2.24, 2.45) is 17.8 Å². The average molecular weight is 586 g/mol. The van der Waals surface area contributed by atoms with Crippen molar-refractivity contribution in [3.8, 4) is 11.5 Å². The van der Waals surface area contributed by atoms with Crippen molar-refractivity contribution in [1.29, 1.82) is 0 Å². The zero-order valence-corrected chi connectivity index (χ0v) is 22.1. The topological polar surface area (TPSA) is 104 Å². The van der Waals surface area contributed by atoms with E-state index in [0.29, 0.717) is 16.9 Å². The van der Waals surface area contributed by atoms with Gasteiger partial charge in [-0.3, -0.25) is 29.0 Å². The molecule has 1 N–H and O–H groups in total. The SMILES string of the molecule is CCN1C(=O)[C@H]2[C@H](CC=C3[C@H]2C[C@@]2(Cl)C(=O)N(CBr)C(=O)[C@@]2(Cl)[C@H]3c2ccc(OC)cc2O)C1=O. The molecule has 2 saturated heterocycles. The number of phenolic OH excluding ortho intramolecular Hbond substituents is 1. The molecule has 2 aliphatic carbocycles. The van der Waals surface area contributed by atoms with E-state index in [9.17, 15) is 24.3 Å². The largest absolute Gasteiger partial charge is 0.508 e. The number of aromatic hydroxyl groups is 1. The highest BCUT2D eigenvalue weighted by Gasteiger charge is 2.76. The highest BCUT2D eigenvalue weighted by atomic mass is 79.9. The van der Waals surface area contributed by atoms with Crippen molar-refractivity contribution in [2.45, 2.75) is 35.4 Å². The molecule has 35 heavy (non-hydrogen) atoms. The molecule has 186 valence electrons. The van der Waals surface area contributed by atoms with E-state index in [1.165, 1.54) is 18.1 Å². The summed E-state index contributed by atoms with van der Waals surface area (Å²) in [5.74, 6) is -4.60. The van der Waals surface area contributed by atoms with Crippen LogP contribution >= 0.6 is 39.1 Å². The average Bonchev–Trinajstić information content (AvgIpc) is 3.17. The van der Waals surface area contributed by atoms with Crippen LogP contribution in [0.1, 0.15) is 31.2 Å². The highest BCUT2D eigenvalue weighted by Crippen LogP contribution is 2.66. The van der Waals surface area contributed by atoms with Gasteiger partial charge in [-0.15, -0.1) is 23.2 Å². The van der Waals surface area contributed by atoms with Gasteiger partial charge in [0, 0.05) is 24.1 Å². The number of fused-ring (bicyclic) bond motifs is 4. The van der Waals surface area contributed by atoms with Crippen molar-refractivity contribution in [1.82, 2.24) is 9.80 Å². The number of methoxy groups -OCH3 is 1. The third-order valence-electron chi connectivity index (χ3n) is 7.97. The number of rotatable bonds is 4. The summed E-state index contributed by atoms with van der Waals surface area (Å²) in [7, 11) is 1.46. The number of hydrogen-bond acceptors (Lipinski definition) is 6. The van der Waals surface area contributed by atoms with Crippen molar-refractivity contribution in [2.75, 3.05) is 19.1 Å². The molecule has 0 bridgehead atoms. The molecule has 1 aromatic rings. The summed E-state index contributed by atoms with van der Waals surface area (Å²) in [6.45, 7) is 1.98. The lowest BCUT2D eigenvalue weighted by Gasteiger charge is -2.50. The number of phenols is 1. The quantitative estimate of drug-likeness (QED) is 0.252. The van der Waals surface area contributed by atoms with Gasteiger partial charge in [-0.25, -0.2) is 0 Å². The minimum absolute atomic E-state index is 0.0802. The molecule has 3 fully saturated rings. The Morgan fingerprint density at radius 1 is 1.11 bits per heavy atom. The number of allylic oxidation sites excluding steroid dienone is 2. The van der Waals surface area contributed by atoms with Crippen LogP contribution in [-0.2, 0) is 19.2 Å². The van der Waals surface area contributed by atoms with E-state index in [4.69, 9.17) is 27.9 Å². The van der Waals surface area contributed by atoms with Gasteiger partial charge in [0.25, 0.3) is 11.8 Å². The Balaban J connectivity index is 1.75. The zero-order chi connectivity index (χ0) is 25.4. The second-order valence-electron chi connectivity index (χ2n) is 9.33. The third-order valence-corrected chi connectivity index (χ3v) is 9.89. The summed E-state index contributed by atoms with van der Waals surface area (Å²) < 4.78 is 5.20. The molecule has 4 aliphatic rings. The molecule has 2 aliphatic heterocycles. The van der Waals surface area contributed by atoms with Gasteiger partial charge in [-0.2, -0.15) is 0 Å². The number of alkyl halides is 3. The Hall–Kier alpha value is -2.10. The van der Waals surface area contributed by atoms with E-state index in [0.717, 1.165) is 4.90 Å². The molecule has 4 amide bonds. The smallest absolute Gasteiger partial charge is 0.254 e. The zero-order valence-electron chi connectivity index (χ0n) is 19.0. The number of nitrogens with zero attached hydrogens (tertiary/aromatic N) is 2. The van der Waals surface area contributed by atoms with E-state index in [-0.39, 0.29) is 42.4 Å². The fraction of sp³-hybridized carbons (Fsp3) is 0.500. The van der Waals surface area contributed by atoms with Gasteiger partial charge in [-0.05, 0) is 31.7 Å². The molecular weight excluding hydrogens is 563 g/mol. The molecule has 0 aromatic heterocycles. The first-order chi connectivity index (χ1) is 16.6. The number of halogens is 3. The summed E-state index contributed by atoms with van der Waals surface area (Å²) in [5.41, 5.74) is 0.822. The molecule has 0 spiro atoms. The van der Waals surface area contributed by atoms with Gasteiger partial charge < -0.3 is 9.84 Å². The first kappa shape index (κ1) is 24.6. The van der Waals surface area contributed by atoms with Crippen LogP contribution in [0, 0.1) is 17.8 Å². The summed E-state index contributed by atoms with van der Waals surface area (Å²) in [5, 5.41) is 11.0. The highest BCUT2D eigenvalue weighted by molar-refractivity contribution is 9.09. The molecule has 1 saturated carbocycles. The standard InChI is InChI=1S/C24H23BrCl2N2O6/c1-3-28-19(31)14-7-6-12-15(17(14)20(28)32)9-23(26)21(33)29(10-25)22(34)24(23,27)18(12)13-5-4-11(35-2)8-16(13)30/h4-6,8,14-15,17-18,30H,3,7,9-10H2,1-2H3/t14-,15+,17-,18+,23+,24-/m0/s1. The minimum atomic E-state index is -1.95. The predicted octanol–water partition coefficient (Wildman–Crippen LogP) is 3.13. The molecule has 1 aromatic carbocycles. The number of likely N-dealkylation sites (tertiary alicyclic amines) is 2. The van der Waals surface area contributed by atoms with Crippen LogP contribution in [0.15, 0.2) is 29.8 Å². The first-order valence-corrected chi connectivity index (χ1v) is 13.2. The van der Waals surface area contributed by atoms with Crippen molar-refractivity contribution in [3.05, 3.63) is 35.4 Å². The molecule has 0 unspecified atom stereocenters. The first-order valence-electron chi connectivity index (χ1n) is 11.3. The lowest BCUT2D eigenvalue weighted by atomic mass is 9.56. The van der Waals surface area contributed by atoms with Gasteiger partial charge >= 0.3 is 0 Å². The van der Waals surface area contributed by atoms with Crippen molar-refractivity contribution in [3.63, 3.8) is 0 Å². The van der Waals surface area contributed by atoms with Crippen molar-refractivity contribution < 1.29 is 29.0 Å². The van der Waals surface area contributed by atoms with Gasteiger partial charge in [0.15, 0.2) is 9.75 Å². The predicted molar refractivity (Wildman–Crippen MR) is 130 cm³/mol. The van der Waals surface area contributed by atoms with Crippen LogP contribution in [-0.4, -0.2) is 67.4 Å². The molecule has 5 rings (SSSR count). The normalized spacial score (nSPS) is 36.2. The number of ether oxygens (including phenoxy) is 1. The maximum Gasteiger partial charge on any atom is 0.254 e. The van der Waals surface area contributed by atoms with Crippen LogP contribution in [0.25, 0.3) is 0 Å². The number of amides is 4. The summed E-state index contributed by atoms with van der Waals surface area (Å²) >= 11 is 17.4. The van der Waals surface area contributed by atoms with E-state index < -0.39 is 45.2 Å². The van der Waals surface area contributed by atoms with E-state index >= 15 is 0 Å². The maximum atomic E-state index is 13.6. The lowest BCUT2D eigenvalue weighted by Crippen LogP contribution is -2.60. The second-order valence-corrected chi connectivity index (χ2v) is 11.1. The molecule has 8 nitrogen and oxygen atoms in total. The molecule has 11 heteroatoms. The summed E-state index contributed by atoms with van der Waals surface area (Å²) in [6, 6.07) is 4.60. The molecule has 6 atom stereocenters. The van der Waals surface area contributed by atoms with Crippen LogP contribution in [0.4, 0.5) is 0 Å². The fourth-order valence-corrected chi connectivity index (χ4v) is 7.79. The Morgan fingerprint density at radius 2 is 1.83 bits per heavy atom. The molecule has 2 heterocycles. The molecular formula is C24H23BrCl2N2O6. The number of hydrogen-bond donors (Lipinski definition) is 1. The Bertz CT molecular complexity index is 1210.